The van der Waals surface area contributed by atoms with Gasteiger partial charge in [-0.2, -0.15) is 9.94 Å². The summed E-state index contributed by atoms with van der Waals surface area (Å²) >= 11 is 1.26. The van der Waals surface area contributed by atoms with E-state index in [1.54, 1.807) is 53.9 Å². The lowest BCUT2D eigenvalue weighted by molar-refractivity contribution is 0.103. The zero-order valence-corrected chi connectivity index (χ0v) is 16.8. The number of rotatable bonds is 4. The van der Waals surface area contributed by atoms with Gasteiger partial charge in [-0.3, -0.25) is 9.59 Å². The highest BCUT2D eigenvalue weighted by molar-refractivity contribution is 7.12. The number of para-hydroxylation sites is 1. The van der Waals surface area contributed by atoms with Crippen LogP contribution < -0.4 is 5.56 Å². The van der Waals surface area contributed by atoms with Crippen molar-refractivity contribution in [1.82, 2.24) is 19.2 Å². The molecule has 0 aliphatic heterocycles. The van der Waals surface area contributed by atoms with Crippen LogP contribution in [0.15, 0.2) is 83.0 Å². The molecule has 3 heterocycles. The van der Waals surface area contributed by atoms with Crippen molar-refractivity contribution in [2.75, 3.05) is 0 Å². The summed E-state index contributed by atoms with van der Waals surface area (Å²) in [6, 6.07) is 23.5. The first-order valence-electron chi connectivity index (χ1n) is 9.34. The molecule has 8 heteroatoms. The molecular formula is C23H13N5O2S. The van der Waals surface area contributed by atoms with Crippen LogP contribution in [0.3, 0.4) is 0 Å². The molecule has 0 radical (unpaired) electrons. The Labute approximate surface area is 180 Å². The Bertz CT molecular complexity index is 1510. The van der Waals surface area contributed by atoms with E-state index in [0.717, 1.165) is 4.40 Å². The standard InChI is InChI=1S/C23H13N5O2S/c24-14-17-19(15-8-3-1-4-9-15)25-23-27(22(17)30)21(20(29)18-12-7-13-31-18)26-28(23)16-10-5-2-6-11-16/h1-13H. The molecule has 2 aromatic carbocycles. The zero-order valence-electron chi connectivity index (χ0n) is 16.0. The number of fused-ring (bicyclic) bond motifs is 1. The van der Waals surface area contributed by atoms with E-state index in [-0.39, 0.29) is 22.9 Å². The van der Waals surface area contributed by atoms with Gasteiger partial charge in [-0.25, -0.2) is 9.38 Å². The van der Waals surface area contributed by atoms with Gasteiger partial charge in [0.25, 0.3) is 5.56 Å². The largest absolute Gasteiger partial charge is 0.284 e. The Balaban J connectivity index is 1.89. The van der Waals surface area contributed by atoms with E-state index in [2.05, 4.69) is 10.1 Å². The summed E-state index contributed by atoms with van der Waals surface area (Å²) in [6.45, 7) is 0. The SMILES string of the molecule is N#Cc1c(-c2ccccc2)nc2n(-c3ccccc3)nc(C(=O)c3cccs3)n2c1=O. The van der Waals surface area contributed by atoms with Crippen molar-refractivity contribution in [1.29, 1.82) is 5.26 Å². The summed E-state index contributed by atoms with van der Waals surface area (Å²) < 4.78 is 2.58. The second kappa shape index (κ2) is 7.48. The van der Waals surface area contributed by atoms with Crippen LogP contribution in [0.2, 0.25) is 0 Å². The van der Waals surface area contributed by atoms with Crippen LogP contribution in [0.25, 0.3) is 22.7 Å². The highest BCUT2D eigenvalue weighted by atomic mass is 32.1. The third kappa shape index (κ3) is 3.04. The highest BCUT2D eigenvalue weighted by Gasteiger charge is 2.26. The van der Waals surface area contributed by atoms with Crippen molar-refractivity contribution >= 4 is 22.9 Å². The Morgan fingerprint density at radius 3 is 2.32 bits per heavy atom. The maximum Gasteiger partial charge on any atom is 0.279 e. The first kappa shape index (κ1) is 18.7. The number of thiophene rings is 1. The molecular weight excluding hydrogens is 410 g/mol. The van der Waals surface area contributed by atoms with E-state index in [1.807, 2.05) is 30.3 Å². The average molecular weight is 423 g/mol. The Morgan fingerprint density at radius 1 is 0.968 bits per heavy atom. The minimum atomic E-state index is -0.631. The Hall–Kier alpha value is -4.35. The fraction of sp³-hybridized carbons (Fsp3) is 0. The third-order valence-electron chi connectivity index (χ3n) is 4.77. The van der Waals surface area contributed by atoms with Gasteiger partial charge in [-0.05, 0) is 23.6 Å². The summed E-state index contributed by atoms with van der Waals surface area (Å²) in [7, 11) is 0. The fourth-order valence-electron chi connectivity index (χ4n) is 3.34. The van der Waals surface area contributed by atoms with Crippen LogP contribution >= 0.6 is 11.3 Å². The van der Waals surface area contributed by atoms with Gasteiger partial charge in [0.05, 0.1) is 16.3 Å². The molecule has 3 aromatic heterocycles. The predicted octanol–water partition coefficient (Wildman–Crippen LogP) is 3.71. The van der Waals surface area contributed by atoms with Gasteiger partial charge in [-0.15, -0.1) is 16.4 Å². The Morgan fingerprint density at radius 2 is 1.68 bits per heavy atom. The van der Waals surface area contributed by atoms with E-state index < -0.39 is 11.3 Å². The van der Waals surface area contributed by atoms with Crippen molar-refractivity contribution < 1.29 is 4.79 Å². The van der Waals surface area contributed by atoms with Crippen molar-refractivity contribution in [3.8, 4) is 23.0 Å². The molecule has 0 atom stereocenters. The summed E-state index contributed by atoms with van der Waals surface area (Å²) in [5, 5.41) is 16.0. The number of ketones is 1. The van der Waals surface area contributed by atoms with Gasteiger partial charge in [0.15, 0.2) is 0 Å². The summed E-state index contributed by atoms with van der Waals surface area (Å²) in [5.41, 5.74) is 0.747. The number of nitriles is 1. The number of nitrogens with zero attached hydrogens (tertiary/aromatic N) is 5. The topological polar surface area (TPSA) is 93.0 Å². The zero-order chi connectivity index (χ0) is 21.4. The van der Waals surface area contributed by atoms with Crippen LogP contribution in [0.4, 0.5) is 0 Å². The van der Waals surface area contributed by atoms with Gasteiger partial charge in [0.2, 0.25) is 17.4 Å². The summed E-state index contributed by atoms with van der Waals surface area (Å²) in [5.74, 6) is -0.334. The molecule has 148 valence electrons. The predicted molar refractivity (Wildman–Crippen MR) is 116 cm³/mol. The molecule has 0 N–H and O–H groups in total. The molecule has 0 fully saturated rings. The summed E-state index contributed by atoms with van der Waals surface area (Å²) in [4.78, 5) is 31.6. The molecule has 5 aromatic rings. The number of hydrogen-bond donors (Lipinski definition) is 0. The number of benzene rings is 2. The lowest BCUT2D eigenvalue weighted by Crippen LogP contribution is -2.23. The van der Waals surface area contributed by atoms with E-state index in [4.69, 9.17) is 0 Å². The normalized spacial score (nSPS) is 10.8. The molecule has 0 bridgehead atoms. The third-order valence-corrected chi connectivity index (χ3v) is 5.64. The van der Waals surface area contributed by atoms with Crippen molar-refractivity contribution in [2.45, 2.75) is 0 Å². The van der Waals surface area contributed by atoms with Crippen molar-refractivity contribution in [3.05, 3.63) is 105 Å². The number of aromatic nitrogens is 4. The minimum absolute atomic E-state index is 0.0880. The lowest BCUT2D eigenvalue weighted by atomic mass is 10.1. The molecule has 5 rings (SSSR count). The second-order valence-electron chi connectivity index (χ2n) is 6.63. The first-order valence-corrected chi connectivity index (χ1v) is 10.2. The minimum Gasteiger partial charge on any atom is -0.284 e. The number of carbonyl (C=O) groups excluding carboxylic acids is 1. The fourth-order valence-corrected chi connectivity index (χ4v) is 4.00. The average Bonchev–Trinajstić information content (AvgIpc) is 3.48. The van der Waals surface area contributed by atoms with Crippen LogP contribution in [0.5, 0.6) is 0 Å². The van der Waals surface area contributed by atoms with E-state index >= 15 is 0 Å². The Kier molecular flexibility index (Phi) is 4.50. The van der Waals surface area contributed by atoms with E-state index in [0.29, 0.717) is 16.1 Å². The van der Waals surface area contributed by atoms with E-state index in [9.17, 15) is 14.9 Å². The molecule has 0 saturated heterocycles. The monoisotopic (exact) mass is 423 g/mol. The maximum absolute atomic E-state index is 13.4. The van der Waals surface area contributed by atoms with Gasteiger partial charge in [0, 0.05) is 5.56 Å². The van der Waals surface area contributed by atoms with Crippen LogP contribution in [0, 0.1) is 11.3 Å². The van der Waals surface area contributed by atoms with Gasteiger partial charge < -0.3 is 0 Å². The molecule has 0 aliphatic carbocycles. The van der Waals surface area contributed by atoms with Crippen LogP contribution in [0.1, 0.15) is 21.1 Å². The maximum atomic E-state index is 13.4. The smallest absolute Gasteiger partial charge is 0.279 e. The molecule has 7 nitrogen and oxygen atoms in total. The highest BCUT2D eigenvalue weighted by Crippen LogP contribution is 2.23. The van der Waals surface area contributed by atoms with Crippen LogP contribution in [-0.4, -0.2) is 24.9 Å². The van der Waals surface area contributed by atoms with Crippen molar-refractivity contribution in [3.63, 3.8) is 0 Å². The molecule has 0 saturated carbocycles. The van der Waals surface area contributed by atoms with Gasteiger partial charge in [-0.1, -0.05) is 54.6 Å². The molecule has 0 unspecified atom stereocenters. The van der Waals surface area contributed by atoms with Gasteiger partial charge in [0.1, 0.15) is 11.6 Å². The van der Waals surface area contributed by atoms with Crippen LogP contribution in [-0.2, 0) is 0 Å². The number of hydrogen-bond acceptors (Lipinski definition) is 6. The quantitative estimate of drug-likeness (QED) is 0.411. The number of carbonyl (C=O) groups is 1. The first-order chi connectivity index (χ1) is 15.2. The molecule has 31 heavy (non-hydrogen) atoms. The van der Waals surface area contributed by atoms with E-state index in [1.165, 1.54) is 16.0 Å². The molecule has 0 amide bonds. The summed E-state index contributed by atoms with van der Waals surface area (Å²) in [6.07, 6.45) is 0. The lowest BCUT2D eigenvalue weighted by Gasteiger charge is -2.06. The molecule has 0 aliphatic rings. The second-order valence-corrected chi connectivity index (χ2v) is 7.58. The van der Waals surface area contributed by atoms with Gasteiger partial charge >= 0.3 is 0 Å². The van der Waals surface area contributed by atoms with Crippen molar-refractivity contribution in [2.24, 2.45) is 0 Å². The molecule has 0 spiro atoms.